The largest absolute Gasteiger partial charge is 0.352 e. The number of hydrogen-bond donors (Lipinski definition) is 0. The highest BCUT2D eigenvalue weighted by atomic mass is 16.7. The molecule has 15 heavy (non-hydrogen) atoms. The Balaban J connectivity index is 2.18. The van der Waals surface area contributed by atoms with Gasteiger partial charge in [-0.2, -0.15) is 0 Å². The molecule has 2 heteroatoms. The Morgan fingerprint density at radius 2 is 2.33 bits per heavy atom. The van der Waals surface area contributed by atoms with E-state index >= 15 is 0 Å². The zero-order valence-electron chi connectivity index (χ0n) is 9.82. The van der Waals surface area contributed by atoms with Gasteiger partial charge in [-0.25, -0.2) is 0 Å². The van der Waals surface area contributed by atoms with Gasteiger partial charge in [-0.05, 0) is 25.3 Å². The second kappa shape index (κ2) is 7.66. The van der Waals surface area contributed by atoms with Crippen LogP contribution in [0.4, 0.5) is 0 Å². The van der Waals surface area contributed by atoms with E-state index in [0.717, 1.165) is 12.8 Å². The predicted molar refractivity (Wildman–Crippen MR) is 62.7 cm³/mol. The molecule has 0 aromatic rings. The molecule has 0 spiro atoms. The number of ether oxygens (including phenoxy) is 2. The number of hydrogen-bond acceptors (Lipinski definition) is 2. The summed E-state index contributed by atoms with van der Waals surface area (Å²) in [6.07, 6.45) is 14.5. The maximum absolute atomic E-state index is 5.65. The highest BCUT2D eigenvalue weighted by Gasteiger charge is 2.14. The van der Waals surface area contributed by atoms with Gasteiger partial charge in [0.15, 0.2) is 6.29 Å². The van der Waals surface area contributed by atoms with Crippen LogP contribution < -0.4 is 0 Å². The molecule has 0 N–H and O–H groups in total. The minimum atomic E-state index is -0.163. The summed E-state index contributed by atoms with van der Waals surface area (Å²) in [6, 6.07) is 0. The molecule has 1 heterocycles. The Bertz CT molecular complexity index is 209. The molecule has 1 aliphatic rings. The zero-order valence-corrected chi connectivity index (χ0v) is 9.82. The summed E-state index contributed by atoms with van der Waals surface area (Å²) in [5, 5.41) is 0. The SMILES string of the molecule is CCCCC/C=C\[C@H]1CC=CC(OC)O1. The zero-order chi connectivity index (χ0) is 10.9. The second-order valence-electron chi connectivity index (χ2n) is 3.87. The molecule has 0 amide bonds. The van der Waals surface area contributed by atoms with Crippen molar-refractivity contribution in [3.05, 3.63) is 24.3 Å². The Labute approximate surface area is 93.0 Å². The van der Waals surface area contributed by atoms with Crippen LogP contribution >= 0.6 is 0 Å². The van der Waals surface area contributed by atoms with Crippen molar-refractivity contribution < 1.29 is 9.47 Å². The lowest BCUT2D eigenvalue weighted by Gasteiger charge is -2.22. The van der Waals surface area contributed by atoms with Gasteiger partial charge in [-0.1, -0.05) is 38.0 Å². The highest BCUT2D eigenvalue weighted by Crippen LogP contribution is 2.14. The van der Waals surface area contributed by atoms with Gasteiger partial charge in [0.25, 0.3) is 0 Å². The van der Waals surface area contributed by atoms with Crippen molar-refractivity contribution >= 4 is 0 Å². The van der Waals surface area contributed by atoms with Crippen LogP contribution in [0.5, 0.6) is 0 Å². The fraction of sp³-hybridized carbons (Fsp3) is 0.692. The smallest absolute Gasteiger partial charge is 0.177 e. The van der Waals surface area contributed by atoms with Crippen LogP contribution in [0.3, 0.4) is 0 Å². The third kappa shape index (κ3) is 5.14. The van der Waals surface area contributed by atoms with Crippen molar-refractivity contribution in [2.75, 3.05) is 7.11 Å². The maximum atomic E-state index is 5.65. The van der Waals surface area contributed by atoms with Crippen LogP contribution in [0, 0.1) is 0 Å². The van der Waals surface area contributed by atoms with Crippen molar-refractivity contribution in [1.82, 2.24) is 0 Å². The summed E-state index contributed by atoms with van der Waals surface area (Å²) in [4.78, 5) is 0. The van der Waals surface area contributed by atoms with Gasteiger partial charge in [-0.15, -0.1) is 0 Å². The maximum Gasteiger partial charge on any atom is 0.177 e. The van der Waals surface area contributed by atoms with Crippen molar-refractivity contribution in [3.63, 3.8) is 0 Å². The molecule has 0 aromatic carbocycles. The predicted octanol–water partition coefficient (Wildman–Crippen LogP) is 3.44. The second-order valence-corrected chi connectivity index (χ2v) is 3.87. The molecule has 0 aromatic heterocycles. The standard InChI is InChI=1S/C13H22O2/c1-3-4-5-6-7-9-12-10-8-11-13(14-2)15-12/h7-9,11-13H,3-6,10H2,1-2H3/b9-7-/t12-,13?/m0/s1. The van der Waals surface area contributed by atoms with Gasteiger partial charge in [0, 0.05) is 7.11 Å². The fourth-order valence-electron chi connectivity index (χ4n) is 1.62. The summed E-state index contributed by atoms with van der Waals surface area (Å²) >= 11 is 0. The molecule has 0 bridgehead atoms. The third-order valence-electron chi connectivity index (χ3n) is 2.53. The van der Waals surface area contributed by atoms with Crippen LogP contribution in [0.25, 0.3) is 0 Å². The van der Waals surface area contributed by atoms with Crippen LogP contribution in [-0.4, -0.2) is 19.5 Å². The normalized spacial score (nSPS) is 26.3. The van der Waals surface area contributed by atoms with Crippen LogP contribution in [0.2, 0.25) is 0 Å². The van der Waals surface area contributed by atoms with E-state index in [9.17, 15) is 0 Å². The number of methoxy groups -OCH3 is 1. The quantitative estimate of drug-likeness (QED) is 0.494. The van der Waals surface area contributed by atoms with E-state index in [4.69, 9.17) is 9.47 Å². The van der Waals surface area contributed by atoms with E-state index in [0.29, 0.717) is 0 Å². The summed E-state index contributed by atoms with van der Waals surface area (Å²) in [5.41, 5.74) is 0. The summed E-state index contributed by atoms with van der Waals surface area (Å²) in [6.45, 7) is 2.22. The fourth-order valence-corrected chi connectivity index (χ4v) is 1.62. The van der Waals surface area contributed by atoms with Gasteiger partial charge in [-0.3, -0.25) is 0 Å². The van der Waals surface area contributed by atoms with Crippen LogP contribution in [0.15, 0.2) is 24.3 Å². The van der Waals surface area contributed by atoms with E-state index in [2.05, 4.69) is 25.2 Å². The van der Waals surface area contributed by atoms with E-state index in [-0.39, 0.29) is 12.4 Å². The Morgan fingerprint density at radius 3 is 3.07 bits per heavy atom. The lowest BCUT2D eigenvalue weighted by molar-refractivity contribution is -0.117. The van der Waals surface area contributed by atoms with Crippen LogP contribution in [-0.2, 0) is 9.47 Å². The lowest BCUT2D eigenvalue weighted by atomic mass is 10.1. The number of rotatable bonds is 6. The monoisotopic (exact) mass is 210 g/mol. The molecule has 0 radical (unpaired) electrons. The summed E-state index contributed by atoms with van der Waals surface area (Å²) in [7, 11) is 1.67. The topological polar surface area (TPSA) is 18.5 Å². The molecule has 1 unspecified atom stereocenters. The van der Waals surface area contributed by atoms with Gasteiger partial charge in [0.1, 0.15) is 0 Å². The van der Waals surface area contributed by atoms with E-state index in [1.807, 2.05) is 6.08 Å². The molecule has 0 aliphatic carbocycles. The van der Waals surface area contributed by atoms with E-state index in [1.165, 1.54) is 19.3 Å². The van der Waals surface area contributed by atoms with Gasteiger partial charge in [0.05, 0.1) is 6.10 Å². The summed E-state index contributed by atoms with van der Waals surface area (Å²) < 4.78 is 10.8. The molecule has 2 atom stereocenters. The van der Waals surface area contributed by atoms with Crippen molar-refractivity contribution in [3.8, 4) is 0 Å². The Hall–Kier alpha value is -0.600. The lowest BCUT2D eigenvalue weighted by Crippen LogP contribution is -2.23. The van der Waals surface area contributed by atoms with Crippen molar-refractivity contribution in [2.45, 2.75) is 51.4 Å². The molecule has 0 saturated heterocycles. The molecule has 86 valence electrons. The van der Waals surface area contributed by atoms with Crippen molar-refractivity contribution in [1.29, 1.82) is 0 Å². The molecular formula is C13H22O2. The Kier molecular flexibility index (Phi) is 6.37. The first-order chi connectivity index (χ1) is 7.36. The van der Waals surface area contributed by atoms with E-state index in [1.54, 1.807) is 7.11 Å². The minimum Gasteiger partial charge on any atom is -0.352 e. The first kappa shape index (κ1) is 12.5. The first-order valence-corrected chi connectivity index (χ1v) is 5.88. The molecule has 0 saturated carbocycles. The molecule has 1 aliphatic heterocycles. The number of unbranched alkanes of at least 4 members (excludes halogenated alkanes) is 3. The van der Waals surface area contributed by atoms with Gasteiger partial charge < -0.3 is 9.47 Å². The number of allylic oxidation sites excluding steroid dienone is 1. The van der Waals surface area contributed by atoms with Crippen molar-refractivity contribution in [2.24, 2.45) is 0 Å². The average Bonchev–Trinajstić information content (AvgIpc) is 2.29. The average molecular weight is 210 g/mol. The summed E-state index contributed by atoms with van der Waals surface area (Å²) in [5.74, 6) is 0. The van der Waals surface area contributed by atoms with Gasteiger partial charge in [0.2, 0.25) is 0 Å². The molecule has 0 fully saturated rings. The minimum absolute atomic E-state index is 0.163. The molecular weight excluding hydrogens is 188 g/mol. The van der Waals surface area contributed by atoms with E-state index < -0.39 is 0 Å². The molecule has 2 nitrogen and oxygen atoms in total. The Morgan fingerprint density at radius 1 is 1.47 bits per heavy atom. The van der Waals surface area contributed by atoms with Gasteiger partial charge >= 0.3 is 0 Å². The first-order valence-electron chi connectivity index (χ1n) is 5.88. The van der Waals surface area contributed by atoms with Crippen LogP contribution in [0.1, 0.15) is 39.0 Å². The molecule has 1 rings (SSSR count). The highest BCUT2D eigenvalue weighted by molar-refractivity contribution is 5.00. The third-order valence-corrected chi connectivity index (χ3v) is 2.53.